The van der Waals surface area contributed by atoms with Crippen LogP contribution in [0.3, 0.4) is 0 Å². The number of halogens is 4. The molecule has 0 N–H and O–H groups in total. The fourth-order valence-electron chi connectivity index (χ4n) is 0.316. The molecule has 6 heteroatoms. The van der Waals surface area contributed by atoms with E-state index in [9.17, 15) is 17.6 Å². The zero-order valence-electron chi connectivity index (χ0n) is 4.65. The van der Waals surface area contributed by atoms with Gasteiger partial charge < -0.3 is 4.43 Å². The molecule has 0 aliphatic heterocycles. The van der Waals surface area contributed by atoms with Crippen LogP contribution in [-0.4, -0.2) is 29.4 Å². The van der Waals surface area contributed by atoms with Crippen LogP contribution < -0.4 is 0 Å². The van der Waals surface area contributed by atoms with Gasteiger partial charge >= 0.3 is 0 Å². The van der Waals surface area contributed by atoms with Crippen molar-refractivity contribution in [3.63, 3.8) is 0 Å². The molecule has 9 heavy (non-hydrogen) atoms. The van der Waals surface area contributed by atoms with Crippen LogP contribution in [0.4, 0.5) is 17.6 Å². The summed E-state index contributed by atoms with van der Waals surface area (Å²) >= 11 is 0. The first kappa shape index (κ1) is 8.90. The minimum atomic E-state index is -3.08. The summed E-state index contributed by atoms with van der Waals surface area (Å²) in [5.74, 6) is 0. The van der Waals surface area contributed by atoms with Crippen molar-refractivity contribution in [1.29, 1.82) is 0 Å². The Labute approximate surface area is 52.5 Å². The Morgan fingerprint density at radius 1 is 1.00 bits per heavy atom. The van der Waals surface area contributed by atoms with Crippen LogP contribution in [0.15, 0.2) is 0 Å². The molecule has 0 bridgehead atoms. The second-order valence-electron chi connectivity index (χ2n) is 1.37. The van der Waals surface area contributed by atoms with Crippen LogP contribution in [-0.2, 0) is 4.43 Å². The number of alkyl halides is 4. The predicted octanol–water partition coefficient (Wildman–Crippen LogP) is 0.182. The van der Waals surface area contributed by atoms with Gasteiger partial charge in [-0.1, -0.05) is 0 Å². The molecule has 0 radical (unpaired) electrons. The molecule has 0 aliphatic carbocycles. The molecular weight excluding hydrogens is 156 g/mol. The predicted molar refractivity (Wildman–Crippen MR) is 26.8 cm³/mol. The smallest absolute Gasteiger partial charge is 0.268 e. The molecule has 0 amide bonds. The van der Waals surface area contributed by atoms with Crippen LogP contribution in [0.25, 0.3) is 0 Å². The van der Waals surface area contributed by atoms with Crippen molar-refractivity contribution in [3.8, 4) is 0 Å². The molecule has 0 unspecified atom stereocenters. The molecule has 0 atom stereocenters. The van der Waals surface area contributed by atoms with Crippen molar-refractivity contribution >= 4 is 10.5 Å². The van der Waals surface area contributed by atoms with Crippen LogP contribution in [0.2, 0.25) is 0 Å². The van der Waals surface area contributed by atoms with E-state index in [1.165, 1.54) is 0 Å². The molecule has 0 heterocycles. The van der Waals surface area contributed by atoms with E-state index >= 15 is 0 Å². The monoisotopic (exact) mass is 162 g/mol. The second-order valence-corrected chi connectivity index (χ2v) is 1.84. The largest absolute Gasteiger partial charge is 0.415 e. The third-order valence-electron chi connectivity index (χ3n) is 0.769. The summed E-state index contributed by atoms with van der Waals surface area (Å²) in [5, 5.41) is 0. The second kappa shape index (κ2) is 3.83. The summed E-state index contributed by atoms with van der Waals surface area (Å²) in [4.78, 5) is 0. The molecule has 0 aromatic rings. The van der Waals surface area contributed by atoms with E-state index in [0.29, 0.717) is 0 Å². The van der Waals surface area contributed by atoms with Crippen molar-refractivity contribution in [3.05, 3.63) is 0 Å². The Balaban J connectivity index is 3.68. The Kier molecular flexibility index (Phi) is 3.79. The molecule has 0 saturated carbocycles. The van der Waals surface area contributed by atoms with E-state index in [4.69, 9.17) is 0 Å². The maximum atomic E-state index is 11.4. The highest BCUT2D eigenvalue weighted by Gasteiger charge is 2.28. The van der Waals surface area contributed by atoms with Crippen molar-refractivity contribution in [1.82, 2.24) is 0 Å². The molecule has 56 valence electrons. The van der Waals surface area contributed by atoms with Gasteiger partial charge in [-0.05, 0) is 0 Å². The molecule has 0 fully saturated rings. The Morgan fingerprint density at radius 2 is 1.33 bits per heavy atom. The number of hydrogen-bond acceptors (Lipinski definition) is 1. The zero-order valence-corrected chi connectivity index (χ0v) is 6.65. The van der Waals surface area contributed by atoms with Crippen molar-refractivity contribution < 1.29 is 22.0 Å². The van der Waals surface area contributed by atoms with Gasteiger partial charge in [0.25, 0.3) is 12.9 Å². The molecule has 1 nitrogen and oxygen atoms in total. The molecule has 0 saturated heterocycles. The Hall–Kier alpha value is -0.103. The summed E-state index contributed by atoms with van der Waals surface area (Å²) in [7, 11) is -0.0921. The van der Waals surface area contributed by atoms with Crippen molar-refractivity contribution in [2.24, 2.45) is 0 Å². The van der Waals surface area contributed by atoms with Gasteiger partial charge in [0, 0.05) is 0 Å². The SMILES string of the molecule is FC(F)C(O[SiH3])C(F)F. The van der Waals surface area contributed by atoms with Crippen LogP contribution >= 0.6 is 0 Å². The summed E-state index contributed by atoms with van der Waals surface area (Å²) in [6, 6.07) is 0. The van der Waals surface area contributed by atoms with Crippen LogP contribution in [0.1, 0.15) is 0 Å². The lowest BCUT2D eigenvalue weighted by molar-refractivity contribution is -0.0736. The molecule has 0 rings (SSSR count). The van der Waals surface area contributed by atoms with E-state index in [0.717, 1.165) is 0 Å². The summed E-state index contributed by atoms with van der Waals surface area (Å²) in [5.41, 5.74) is 0. The Bertz CT molecular complexity index is 70.2. The highest BCUT2D eigenvalue weighted by atomic mass is 28.2. The van der Waals surface area contributed by atoms with Crippen LogP contribution in [0.5, 0.6) is 0 Å². The van der Waals surface area contributed by atoms with E-state index < -0.39 is 19.0 Å². The summed E-state index contributed by atoms with van der Waals surface area (Å²) < 4.78 is 49.4. The fraction of sp³-hybridized carbons (Fsp3) is 1.00. The Morgan fingerprint density at radius 3 is 1.33 bits per heavy atom. The normalized spacial score (nSPS) is 12.3. The molecular formula is C3H6F4OSi. The average molecular weight is 162 g/mol. The molecule has 0 spiro atoms. The lowest BCUT2D eigenvalue weighted by atomic mass is 10.4. The lowest BCUT2D eigenvalue weighted by Gasteiger charge is -2.12. The topological polar surface area (TPSA) is 9.23 Å². The third kappa shape index (κ3) is 2.80. The minimum absolute atomic E-state index is 0.0921. The van der Waals surface area contributed by atoms with Crippen molar-refractivity contribution in [2.45, 2.75) is 19.0 Å². The first-order valence-corrected chi connectivity index (χ1v) is 3.00. The number of rotatable bonds is 3. The zero-order chi connectivity index (χ0) is 7.44. The van der Waals surface area contributed by atoms with E-state index in [2.05, 4.69) is 4.43 Å². The van der Waals surface area contributed by atoms with E-state index in [1.807, 2.05) is 0 Å². The van der Waals surface area contributed by atoms with Gasteiger partial charge in [0.05, 0.1) is 0 Å². The minimum Gasteiger partial charge on any atom is -0.415 e. The highest BCUT2D eigenvalue weighted by molar-refractivity contribution is 5.98. The average Bonchev–Trinajstić information content (AvgIpc) is 1.64. The van der Waals surface area contributed by atoms with E-state index in [1.54, 1.807) is 0 Å². The highest BCUT2D eigenvalue weighted by Crippen LogP contribution is 2.12. The van der Waals surface area contributed by atoms with Gasteiger partial charge in [-0.15, -0.1) is 0 Å². The van der Waals surface area contributed by atoms with Gasteiger partial charge in [-0.3, -0.25) is 0 Å². The fourth-order valence-corrected chi connectivity index (χ4v) is 0.727. The number of hydrogen-bond donors (Lipinski definition) is 0. The summed E-state index contributed by atoms with van der Waals surface area (Å²) in [6.45, 7) is 0. The van der Waals surface area contributed by atoms with Gasteiger partial charge in [0.1, 0.15) is 10.5 Å². The van der Waals surface area contributed by atoms with E-state index in [-0.39, 0.29) is 10.5 Å². The van der Waals surface area contributed by atoms with Gasteiger partial charge in [0.15, 0.2) is 6.10 Å². The van der Waals surface area contributed by atoms with Crippen LogP contribution in [0, 0.1) is 0 Å². The van der Waals surface area contributed by atoms with Crippen molar-refractivity contribution in [2.75, 3.05) is 0 Å². The quantitative estimate of drug-likeness (QED) is 0.425. The van der Waals surface area contributed by atoms with Gasteiger partial charge in [-0.25, -0.2) is 17.6 Å². The van der Waals surface area contributed by atoms with Gasteiger partial charge in [0.2, 0.25) is 0 Å². The maximum absolute atomic E-state index is 11.4. The summed E-state index contributed by atoms with van der Waals surface area (Å²) in [6.07, 6.45) is -8.35. The molecule has 0 aromatic heterocycles. The third-order valence-corrected chi connectivity index (χ3v) is 1.31. The van der Waals surface area contributed by atoms with Gasteiger partial charge in [-0.2, -0.15) is 0 Å². The maximum Gasteiger partial charge on any atom is 0.268 e. The standard InChI is InChI=1S/C3H6F4OSi/c4-2(5)1(8-9)3(6)7/h1-3H,9H3. The first-order chi connectivity index (χ1) is 4.09. The molecule has 0 aliphatic rings. The first-order valence-electron chi connectivity index (χ1n) is 2.18. The lowest BCUT2D eigenvalue weighted by Crippen LogP contribution is -2.28. The molecule has 0 aromatic carbocycles.